The summed E-state index contributed by atoms with van der Waals surface area (Å²) in [6.45, 7) is 3.63. The van der Waals surface area contributed by atoms with E-state index >= 15 is 0 Å². The molecule has 1 aliphatic rings. The van der Waals surface area contributed by atoms with Crippen molar-refractivity contribution < 1.29 is 9.53 Å². The maximum Gasteiger partial charge on any atom is 0.241 e. The van der Waals surface area contributed by atoms with Crippen LogP contribution in [0.2, 0.25) is 0 Å². The molecule has 1 amide bonds. The lowest BCUT2D eigenvalue weighted by atomic mass is 10.1. The first-order chi connectivity index (χ1) is 19.1. The first kappa shape index (κ1) is 24.4. The van der Waals surface area contributed by atoms with Gasteiger partial charge in [-0.25, -0.2) is 4.98 Å². The number of fused-ring (bicyclic) bond motifs is 4. The van der Waals surface area contributed by atoms with Crippen molar-refractivity contribution in [3.05, 3.63) is 120 Å². The first-order valence-corrected chi connectivity index (χ1v) is 12.9. The van der Waals surface area contributed by atoms with E-state index in [0.29, 0.717) is 42.4 Å². The molecular weight excluding hydrogens is 486 g/mol. The lowest BCUT2D eigenvalue weighted by Crippen LogP contribution is -2.41. The van der Waals surface area contributed by atoms with Gasteiger partial charge in [-0.05, 0) is 53.8 Å². The summed E-state index contributed by atoms with van der Waals surface area (Å²) in [5.41, 5.74) is 4.26. The largest absolute Gasteiger partial charge is 0.456 e. The Hall–Kier alpha value is -4.93. The molecule has 2 heterocycles. The lowest BCUT2D eigenvalue weighted by Gasteiger charge is -2.29. The number of ether oxygens (including phenoxy) is 1. The molecule has 0 saturated heterocycles. The summed E-state index contributed by atoms with van der Waals surface area (Å²) >= 11 is 0. The molecule has 0 aliphatic carbocycles. The number of nitriles is 1. The van der Waals surface area contributed by atoms with Crippen LogP contribution in [-0.2, 0) is 24.4 Å². The Balaban J connectivity index is 1.47. The quantitative estimate of drug-likeness (QED) is 0.309. The second-order valence-electron chi connectivity index (χ2n) is 9.80. The number of imidazole rings is 1. The highest BCUT2D eigenvalue weighted by Crippen LogP contribution is 2.32. The van der Waals surface area contributed by atoms with Crippen molar-refractivity contribution in [1.29, 1.82) is 5.26 Å². The molecule has 39 heavy (non-hydrogen) atoms. The van der Waals surface area contributed by atoms with Gasteiger partial charge >= 0.3 is 0 Å². The Kier molecular flexibility index (Phi) is 6.54. The molecule has 1 aromatic heterocycles. The number of nitrogens with one attached hydrogen (secondary N) is 1. The van der Waals surface area contributed by atoms with Crippen LogP contribution in [0.5, 0.6) is 11.5 Å². The van der Waals surface area contributed by atoms with Crippen LogP contribution in [-0.4, -0.2) is 26.4 Å². The normalized spacial score (nSPS) is 15.8. The van der Waals surface area contributed by atoms with E-state index in [1.165, 1.54) is 0 Å². The lowest BCUT2D eigenvalue weighted by molar-refractivity contribution is -0.121. The summed E-state index contributed by atoms with van der Waals surface area (Å²) in [4.78, 5) is 20.2. The molecule has 0 fully saturated rings. The van der Waals surface area contributed by atoms with Crippen LogP contribution in [0.15, 0.2) is 97.5 Å². The van der Waals surface area contributed by atoms with Crippen molar-refractivity contribution in [2.24, 2.45) is 0 Å². The molecule has 4 aromatic carbocycles. The molecule has 1 atom stereocenters. The molecule has 0 radical (unpaired) electrons. The maximum atomic E-state index is 13.7. The zero-order valence-corrected chi connectivity index (χ0v) is 21.5. The van der Waals surface area contributed by atoms with E-state index in [2.05, 4.69) is 38.0 Å². The molecule has 192 valence electrons. The molecular formula is C32H27N5O2. The third kappa shape index (κ3) is 5.11. The van der Waals surface area contributed by atoms with Crippen molar-refractivity contribution in [2.75, 3.05) is 5.32 Å². The van der Waals surface area contributed by atoms with Gasteiger partial charge in [0.05, 0.1) is 23.6 Å². The average Bonchev–Trinajstić information content (AvgIpc) is 3.39. The van der Waals surface area contributed by atoms with Gasteiger partial charge in [0.25, 0.3) is 0 Å². The molecule has 1 N–H and O–H groups in total. The van der Waals surface area contributed by atoms with E-state index < -0.39 is 6.04 Å². The summed E-state index contributed by atoms with van der Waals surface area (Å²) in [6, 6.07) is 29.2. The van der Waals surface area contributed by atoms with Crippen molar-refractivity contribution in [2.45, 2.75) is 32.6 Å². The Bertz CT molecular complexity index is 1700. The monoisotopic (exact) mass is 513 g/mol. The van der Waals surface area contributed by atoms with Crippen LogP contribution in [0, 0.1) is 11.3 Å². The third-order valence-corrected chi connectivity index (χ3v) is 7.18. The molecule has 0 spiro atoms. The highest BCUT2D eigenvalue weighted by Gasteiger charge is 2.24. The number of nitrogens with zero attached hydrogens (tertiary/aromatic N) is 4. The number of carbonyl (C=O) groups excluding carboxylic acids is 1. The second-order valence-corrected chi connectivity index (χ2v) is 9.80. The van der Waals surface area contributed by atoms with E-state index in [4.69, 9.17) is 4.74 Å². The minimum absolute atomic E-state index is 0.0973. The first-order valence-electron chi connectivity index (χ1n) is 12.9. The van der Waals surface area contributed by atoms with Crippen LogP contribution < -0.4 is 10.1 Å². The molecule has 0 unspecified atom stereocenters. The van der Waals surface area contributed by atoms with Gasteiger partial charge in [0.15, 0.2) is 0 Å². The smallest absolute Gasteiger partial charge is 0.241 e. The predicted molar refractivity (Wildman–Crippen MR) is 150 cm³/mol. The Morgan fingerprint density at radius 2 is 1.90 bits per heavy atom. The summed E-state index contributed by atoms with van der Waals surface area (Å²) in [5.74, 6) is 0.982. The summed E-state index contributed by atoms with van der Waals surface area (Å²) < 4.78 is 8.31. The van der Waals surface area contributed by atoms with Crippen LogP contribution in [0.4, 0.5) is 5.69 Å². The molecule has 7 nitrogen and oxygen atoms in total. The molecule has 7 heteroatoms. The third-order valence-electron chi connectivity index (χ3n) is 7.18. The van der Waals surface area contributed by atoms with Gasteiger partial charge in [0, 0.05) is 36.9 Å². The van der Waals surface area contributed by atoms with E-state index in [1.54, 1.807) is 12.4 Å². The SMILES string of the molecule is C[C@@H]1C(=O)Nc2cccc3ccc(cc23)Oc2cc(ccc2C#N)Cn2cncc2CN1Cc1ccccc1. The van der Waals surface area contributed by atoms with Gasteiger partial charge in [-0.1, -0.05) is 54.6 Å². The highest BCUT2D eigenvalue weighted by atomic mass is 16.5. The van der Waals surface area contributed by atoms with Crippen LogP contribution in [0.1, 0.15) is 29.3 Å². The van der Waals surface area contributed by atoms with Crippen LogP contribution in [0.25, 0.3) is 10.8 Å². The summed E-state index contributed by atoms with van der Waals surface area (Å²) in [5, 5.41) is 14.7. The topological polar surface area (TPSA) is 83.2 Å². The van der Waals surface area contributed by atoms with Crippen LogP contribution in [0.3, 0.4) is 0 Å². The number of anilines is 1. The van der Waals surface area contributed by atoms with Gasteiger partial charge in [-0.2, -0.15) is 5.26 Å². The standard InChI is InChI=1S/C32H27N5O2/c1-22-32(38)35-30-9-5-8-25-12-13-28(15-29(25)30)39-31-14-24(10-11-26(31)16-33)19-37-21-34-17-27(37)20-36(22)18-23-6-3-2-4-7-23/h2-15,17,21-22H,18-20H2,1H3,(H,35,38)/t22-/m1/s1. The zero-order chi connectivity index (χ0) is 26.8. The van der Waals surface area contributed by atoms with Gasteiger partial charge in [-0.15, -0.1) is 0 Å². The average molecular weight is 514 g/mol. The predicted octanol–water partition coefficient (Wildman–Crippen LogP) is 6.09. The van der Waals surface area contributed by atoms with Crippen LogP contribution >= 0.6 is 0 Å². The van der Waals surface area contributed by atoms with Gasteiger partial charge in [0.1, 0.15) is 17.6 Å². The van der Waals surface area contributed by atoms with E-state index in [-0.39, 0.29) is 5.91 Å². The Morgan fingerprint density at radius 3 is 2.74 bits per heavy atom. The number of amides is 1. The number of carbonyl (C=O) groups is 1. The second kappa shape index (κ2) is 10.4. The van der Waals surface area contributed by atoms with Crippen molar-refractivity contribution in [3.8, 4) is 17.6 Å². The van der Waals surface area contributed by atoms with Gasteiger partial charge in [-0.3, -0.25) is 9.69 Å². The molecule has 1 aliphatic heterocycles. The van der Waals surface area contributed by atoms with Crippen molar-refractivity contribution in [3.63, 3.8) is 0 Å². The fourth-order valence-corrected chi connectivity index (χ4v) is 4.97. The van der Waals surface area contributed by atoms with Crippen molar-refractivity contribution in [1.82, 2.24) is 14.5 Å². The van der Waals surface area contributed by atoms with Gasteiger partial charge < -0.3 is 14.6 Å². The fraction of sp³-hybridized carbons (Fsp3) is 0.156. The number of hydrogen-bond acceptors (Lipinski definition) is 5. The molecule has 4 bridgehead atoms. The molecule has 6 rings (SSSR count). The summed E-state index contributed by atoms with van der Waals surface area (Å²) in [7, 11) is 0. The fourth-order valence-electron chi connectivity index (χ4n) is 4.97. The number of hydrogen-bond donors (Lipinski definition) is 1. The number of aromatic nitrogens is 2. The maximum absolute atomic E-state index is 13.7. The minimum Gasteiger partial charge on any atom is -0.456 e. The van der Waals surface area contributed by atoms with E-state index in [1.807, 2.05) is 79.9 Å². The Labute approximate surface area is 226 Å². The molecule has 0 saturated carbocycles. The van der Waals surface area contributed by atoms with Gasteiger partial charge in [0.2, 0.25) is 5.91 Å². The number of benzene rings is 4. The van der Waals surface area contributed by atoms with E-state index in [9.17, 15) is 10.1 Å². The zero-order valence-electron chi connectivity index (χ0n) is 21.5. The minimum atomic E-state index is -0.419. The molecule has 5 aromatic rings. The summed E-state index contributed by atoms with van der Waals surface area (Å²) in [6.07, 6.45) is 3.64. The van der Waals surface area contributed by atoms with Crippen molar-refractivity contribution >= 4 is 22.4 Å². The Morgan fingerprint density at radius 1 is 1.03 bits per heavy atom. The van der Waals surface area contributed by atoms with E-state index in [0.717, 1.165) is 27.6 Å². The number of rotatable bonds is 2. The highest BCUT2D eigenvalue weighted by molar-refractivity contribution is 6.04.